The Labute approximate surface area is 167 Å². The van der Waals surface area contributed by atoms with Gasteiger partial charge in [0, 0.05) is 0 Å². The Balaban J connectivity index is 1.82. The van der Waals surface area contributed by atoms with Crippen LogP contribution in [0.25, 0.3) is 0 Å². The second-order valence-corrected chi connectivity index (χ2v) is 9.22. The average Bonchev–Trinajstić information content (AvgIpc) is 2.90. The molecule has 0 radical (unpaired) electrons. The van der Waals surface area contributed by atoms with Gasteiger partial charge in [0.05, 0.1) is 28.5 Å². The van der Waals surface area contributed by atoms with Gasteiger partial charge in [-0.1, -0.05) is 56.3 Å². The van der Waals surface area contributed by atoms with Crippen LogP contribution in [0.2, 0.25) is 0 Å². The van der Waals surface area contributed by atoms with Crippen molar-refractivity contribution < 1.29 is 8.42 Å². The first-order valence-corrected chi connectivity index (χ1v) is 10.9. The van der Waals surface area contributed by atoms with Gasteiger partial charge in [-0.25, -0.2) is 8.42 Å². The Kier molecular flexibility index (Phi) is 5.89. The number of rotatable bonds is 7. The summed E-state index contributed by atoms with van der Waals surface area (Å²) >= 11 is 0. The lowest BCUT2D eigenvalue weighted by Gasteiger charge is -2.10. The Hall–Kier alpha value is -2.60. The topological polar surface area (TPSA) is 64.0 Å². The minimum Gasteiger partial charge on any atom is -0.276 e. The summed E-state index contributed by atoms with van der Waals surface area (Å²) in [7, 11) is -3.67. The van der Waals surface area contributed by atoms with E-state index in [9.17, 15) is 8.42 Å². The summed E-state index contributed by atoms with van der Waals surface area (Å²) in [5, 5.41) is 4.52. The van der Waals surface area contributed by atoms with Crippen molar-refractivity contribution in [1.82, 2.24) is 9.78 Å². The fourth-order valence-corrected chi connectivity index (χ4v) is 4.40. The molecule has 0 aliphatic rings. The molecule has 0 saturated heterocycles. The van der Waals surface area contributed by atoms with Crippen molar-refractivity contribution in [1.29, 1.82) is 0 Å². The number of aromatic nitrogens is 2. The molecular formula is C22H27N3O2S. The minimum absolute atomic E-state index is 0.259. The first-order valence-electron chi connectivity index (χ1n) is 9.46. The maximum absolute atomic E-state index is 12.9. The number of nitrogens with zero attached hydrogens (tertiary/aromatic N) is 2. The van der Waals surface area contributed by atoms with Gasteiger partial charge in [0.2, 0.25) is 0 Å². The fourth-order valence-electron chi connectivity index (χ4n) is 3.22. The molecule has 6 heteroatoms. The van der Waals surface area contributed by atoms with Crippen LogP contribution in [-0.2, 0) is 23.0 Å². The van der Waals surface area contributed by atoms with Crippen LogP contribution in [0.3, 0.4) is 0 Å². The normalized spacial score (nSPS) is 11.8. The van der Waals surface area contributed by atoms with Crippen LogP contribution in [0.15, 0.2) is 59.5 Å². The van der Waals surface area contributed by atoms with Crippen molar-refractivity contribution >= 4 is 15.7 Å². The van der Waals surface area contributed by atoms with Gasteiger partial charge >= 0.3 is 0 Å². The third-order valence-corrected chi connectivity index (χ3v) is 6.04. The quantitative estimate of drug-likeness (QED) is 0.636. The largest absolute Gasteiger partial charge is 0.276 e. The van der Waals surface area contributed by atoms with Crippen molar-refractivity contribution in [2.45, 2.75) is 45.6 Å². The smallest absolute Gasteiger partial charge is 0.262 e. The second kappa shape index (κ2) is 8.19. The first-order chi connectivity index (χ1) is 13.3. The van der Waals surface area contributed by atoms with E-state index in [0.29, 0.717) is 23.8 Å². The molecule has 148 valence electrons. The molecule has 5 nitrogen and oxygen atoms in total. The lowest BCUT2D eigenvalue weighted by Crippen LogP contribution is -2.14. The molecular weight excluding hydrogens is 370 g/mol. The van der Waals surface area contributed by atoms with Crippen LogP contribution in [-0.4, -0.2) is 18.2 Å². The number of aryl methyl sites for hydroxylation is 1. The molecule has 0 bridgehead atoms. The summed E-state index contributed by atoms with van der Waals surface area (Å²) in [5.41, 5.74) is 4.25. The van der Waals surface area contributed by atoms with Crippen molar-refractivity contribution in [2.24, 2.45) is 5.92 Å². The lowest BCUT2D eigenvalue weighted by molar-refractivity contribution is 0.601. The van der Waals surface area contributed by atoms with Crippen LogP contribution in [0.1, 0.15) is 36.4 Å². The predicted molar refractivity (Wildman–Crippen MR) is 113 cm³/mol. The van der Waals surface area contributed by atoms with E-state index >= 15 is 0 Å². The number of anilines is 1. The van der Waals surface area contributed by atoms with Crippen LogP contribution in [0, 0.1) is 19.8 Å². The Morgan fingerprint density at radius 1 is 0.964 bits per heavy atom. The number of hydrogen-bond acceptors (Lipinski definition) is 3. The third-order valence-electron chi connectivity index (χ3n) is 4.67. The molecule has 1 N–H and O–H groups in total. The van der Waals surface area contributed by atoms with Crippen LogP contribution < -0.4 is 4.72 Å². The van der Waals surface area contributed by atoms with Gasteiger partial charge in [-0.2, -0.15) is 5.10 Å². The molecule has 0 spiro atoms. The molecule has 1 heterocycles. The summed E-state index contributed by atoms with van der Waals surface area (Å²) in [6.45, 7) is 8.58. The van der Waals surface area contributed by atoms with E-state index in [4.69, 9.17) is 0 Å². The molecule has 1 aromatic heterocycles. The van der Waals surface area contributed by atoms with Gasteiger partial charge < -0.3 is 0 Å². The SMILES string of the molecule is Cc1nn(Cc2ccccc2)c(C)c1NS(=O)(=O)c1ccc(CC(C)C)cc1. The second-order valence-electron chi connectivity index (χ2n) is 7.54. The van der Waals surface area contributed by atoms with Crippen molar-refractivity contribution in [2.75, 3.05) is 4.72 Å². The molecule has 0 aliphatic heterocycles. The molecule has 0 fully saturated rings. The Morgan fingerprint density at radius 2 is 1.61 bits per heavy atom. The summed E-state index contributed by atoms with van der Waals surface area (Å²) < 4.78 is 30.3. The average molecular weight is 398 g/mol. The zero-order valence-electron chi connectivity index (χ0n) is 16.8. The van der Waals surface area contributed by atoms with E-state index < -0.39 is 10.0 Å². The van der Waals surface area contributed by atoms with Gasteiger partial charge in [-0.05, 0) is 49.4 Å². The highest BCUT2D eigenvalue weighted by atomic mass is 32.2. The van der Waals surface area contributed by atoms with E-state index in [-0.39, 0.29) is 4.90 Å². The molecule has 0 amide bonds. The molecule has 28 heavy (non-hydrogen) atoms. The van der Waals surface area contributed by atoms with Gasteiger partial charge in [-0.3, -0.25) is 9.40 Å². The lowest BCUT2D eigenvalue weighted by atomic mass is 10.0. The van der Waals surface area contributed by atoms with E-state index in [1.807, 2.05) is 61.0 Å². The van der Waals surface area contributed by atoms with E-state index in [1.165, 1.54) is 0 Å². The summed E-state index contributed by atoms with van der Waals surface area (Å²) in [6, 6.07) is 17.1. The predicted octanol–water partition coefficient (Wildman–Crippen LogP) is 4.55. The number of hydrogen-bond donors (Lipinski definition) is 1. The molecule has 3 aromatic rings. The molecule has 2 aromatic carbocycles. The fraction of sp³-hybridized carbons (Fsp3) is 0.318. The third kappa shape index (κ3) is 4.62. The van der Waals surface area contributed by atoms with E-state index in [2.05, 4.69) is 23.7 Å². The zero-order valence-corrected chi connectivity index (χ0v) is 17.6. The molecule has 0 atom stereocenters. The number of benzene rings is 2. The molecule has 0 saturated carbocycles. The van der Waals surface area contributed by atoms with Crippen LogP contribution in [0.4, 0.5) is 5.69 Å². The maximum atomic E-state index is 12.9. The minimum atomic E-state index is -3.67. The first kappa shape index (κ1) is 20.1. The highest BCUT2D eigenvalue weighted by Gasteiger charge is 2.20. The zero-order chi connectivity index (χ0) is 20.3. The molecule has 3 rings (SSSR count). The molecule has 0 unspecified atom stereocenters. The van der Waals surface area contributed by atoms with Crippen LogP contribution in [0.5, 0.6) is 0 Å². The summed E-state index contributed by atoms with van der Waals surface area (Å²) in [5.74, 6) is 0.529. The van der Waals surface area contributed by atoms with E-state index in [1.54, 1.807) is 12.1 Å². The van der Waals surface area contributed by atoms with E-state index in [0.717, 1.165) is 23.2 Å². The van der Waals surface area contributed by atoms with Gasteiger partial charge in [-0.15, -0.1) is 0 Å². The van der Waals surface area contributed by atoms with Crippen molar-refractivity contribution in [3.63, 3.8) is 0 Å². The maximum Gasteiger partial charge on any atom is 0.262 e. The Morgan fingerprint density at radius 3 is 2.21 bits per heavy atom. The van der Waals surface area contributed by atoms with Gasteiger partial charge in [0.25, 0.3) is 10.0 Å². The molecule has 0 aliphatic carbocycles. The summed E-state index contributed by atoms with van der Waals surface area (Å²) in [6.07, 6.45) is 0.929. The van der Waals surface area contributed by atoms with Crippen molar-refractivity contribution in [3.05, 3.63) is 77.1 Å². The van der Waals surface area contributed by atoms with Gasteiger partial charge in [0.1, 0.15) is 0 Å². The number of sulfonamides is 1. The van der Waals surface area contributed by atoms with Crippen LogP contribution >= 0.6 is 0 Å². The highest BCUT2D eigenvalue weighted by molar-refractivity contribution is 7.92. The number of nitrogens with one attached hydrogen (secondary N) is 1. The standard InChI is InChI=1S/C22H27N3O2S/c1-16(2)14-19-10-12-21(13-11-19)28(26,27)24-22-17(3)23-25(18(22)4)15-20-8-6-5-7-9-20/h5-13,16,24H,14-15H2,1-4H3. The highest BCUT2D eigenvalue weighted by Crippen LogP contribution is 2.24. The summed E-state index contributed by atoms with van der Waals surface area (Å²) in [4.78, 5) is 0.259. The Bertz CT molecular complexity index is 1040. The monoisotopic (exact) mass is 397 g/mol. The van der Waals surface area contributed by atoms with Gasteiger partial charge in [0.15, 0.2) is 0 Å². The van der Waals surface area contributed by atoms with Crippen molar-refractivity contribution in [3.8, 4) is 0 Å².